The van der Waals surface area contributed by atoms with E-state index in [0.717, 1.165) is 22.3 Å². The quantitative estimate of drug-likeness (QED) is 0.364. The second-order valence-corrected chi connectivity index (χ2v) is 6.94. The van der Waals surface area contributed by atoms with Crippen molar-refractivity contribution in [1.82, 2.24) is 0 Å². The van der Waals surface area contributed by atoms with Crippen LogP contribution in [0.4, 0.5) is 0 Å². The Morgan fingerprint density at radius 3 is 2.19 bits per heavy atom. The van der Waals surface area contributed by atoms with E-state index in [1.807, 2.05) is 0 Å². The summed E-state index contributed by atoms with van der Waals surface area (Å²) in [5.41, 5.74) is 3.82. The van der Waals surface area contributed by atoms with Gasteiger partial charge in [0.15, 0.2) is 11.9 Å². The number of aromatic hydroxyl groups is 3. The molecule has 1 heterocycles. The lowest BCUT2D eigenvalue weighted by Crippen LogP contribution is -2.24. The predicted molar refractivity (Wildman–Crippen MR) is 91.0 cm³/mol. The van der Waals surface area contributed by atoms with E-state index in [1.54, 1.807) is 12.1 Å². The van der Waals surface area contributed by atoms with Gasteiger partial charge < -0.3 is 25.2 Å². The third-order valence-electron chi connectivity index (χ3n) is 5.66. The Morgan fingerprint density at radius 1 is 0.769 bits per heavy atom. The van der Waals surface area contributed by atoms with Gasteiger partial charge in [-0.05, 0) is 46.5 Å². The largest absolute Gasteiger partial charge is 0.508 e. The smallest absolute Gasteiger partial charge is 0.197 e. The topological polar surface area (TPSA) is 111 Å². The number of ketones is 1. The summed E-state index contributed by atoms with van der Waals surface area (Å²) in [5.74, 6) is -0.678. The van der Waals surface area contributed by atoms with Crippen LogP contribution in [0.15, 0.2) is 30.3 Å². The Labute approximate surface area is 146 Å². The third kappa shape index (κ3) is 1.40. The molecule has 1 fully saturated rings. The van der Waals surface area contributed by atoms with Crippen molar-refractivity contribution in [3.63, 3.8) is 0 Å². The van der Waals surface area contributed by atoms with E-state index in [9.17, 15) is 25.2 Å². The number of phenolic OH excluding ortho intramolecular Hbond substituents is 3. The number of aliphatic hydroxyl groups is 1. The van der Waals surface area contributed by atoms with Gasteiger partial charge in [0.25, 0.3) is 0 Å². The van der Waals surface area contributed by atoms with E-state index < -0.39 is 24.1 Å². The molecular weight excluding hydrogens is 336 g/mol. The van der Waals surface area contributed by atoms with Gasteiger partial charge >= 0.3 is 0 Å². The van der Waals surface area contributed by atoms with Gasteiger partial charge in [0.2, 0.25) is 0 Å². The minimum atomic E-state index is -1.43. The fourth-order valence-corrected chi connectivity index (χ4v) is 4.53. The summed E-state index contributed by atoms with van der Waals surface area (Å²) < 4.78 is 5.49. The Hall–Kier alpha value is -3.09. The highest BCUT2D eigenvalue weighted by Gasteiger charge is 2.56. The van der Waals surface area contributed by atoms with E-state index >= 15 is 0 Å². The molecular formula is C20H12O6. The Morgan fingerprint density at radius 2 is 1.46 bits per heavy atom. The molecule has 0 amide bonds. The van der Waals surface area contributed by atoms with Crippen LogP contribution in [0.1, 0.15) is 23.3 Å². The maximum absolute atomic E-state index is 12.1. The SMILES string of the molecule is O=C1C(O)c2c(O)cc3c(c2C2OC12)-c1ccc(O)c2c(O)ccc-3c12. The summed E-state index contributed by atoms with van der Waals surface area (Å²) in [4.78, 5) is 12.1. The van der Waals surface area contributed by atoms with E-state index in [4.69, 9.17) is 4.74 Å². The molecule has 128 valence electrons. The molecule has 0 spiro atoms. The van der Waals surface area contributed by atoms with Crippen molar-refractivity contribution >= 4 is 16.6 Å². The lowest BCUT2D eigenvalue weighted by molar-refractivity contribution is -0.129. The normalized spacial score (nSPS) is 24.3. The first-order chi connectivity index (χ1) is 12.5. The lowest BCUT2D eigenvalue weighted by atomic mass is 9.82. The molecule has 1 saturated heterocycles. The molecule has 0 aromatic heterocycles. The monoisotopic (exact) mass is 348 g/mol. The molecule has 6 heteroatoms. The zero-order chi connectivity index (χ0) is 17.9. The van der Waals surface area contributed by atoms with Crippen LogP contribution in [0.25, 0.3) is 33.0 Å². The predicted octanol–water partition coefficient (Wildman–Crippen LogP) is 2.66. The first-order valence-corrected chi connectivity index (χ1v) is 8.24. The number of Topliss-reactive ketones (excluding diaryl/α,β-unsaturated/α-hetero) is 1. The Balaban J connectivity index is 1.80. The van der Waals surface area contributed by atoms with Crippen LogP contribution in [0, 0.1) is 0 Å². The maximum atomic E-state index is 12.1. The average molecular weight is 348 g/mol. The number of ether oxygens (including phenoxy) is 1. The van der Waals surface area contributed by atoms with Crippen LogP contribution in [0.3, 0.4) is 0 Å². The molecule has 3 unspecified atom stereocenters. The Kier molecular flexibility index (Phi) is 2.27. The van der Waals surface area contributed by atoms with Gasteiger partial charge in [0.05, 0.1) is 5.39 Å². The number of benzene rings is 3. The van der Waals surface area contributed by atoms with Crippen LogP contribution in [0.5, 0.6) is 17.2 Å². The first kappa shape index (κ1) is 14.1. The maximum Gasteiger partial charge on any atom is 0.197 e. The van der Waals surface area contributed by atoms with Gasteiger partial charge in [-0.3, -0.25) is 4.79 Å². The summed E-state index contributed by atoms with van der Waals surface area (Å²) in [7, 11) is 0. The molecule has 0 bridgehead atoms. The molecule has 0 radical (unpaired) electrons. The molecule has 26 heavy (non-hydrogen) atoms. The number of fused-ring (bicyclic) bond motifs is 7. The average Bonchev–Trinajstić information content (AvgIpc) is 3.35. The number of aliphatic hydroxyl groups excluding tert-OH is 1. The van der Waals surface area contributed by atoms with Gasteiger partial charge in [-0.25, -0.2) is 0 Å². The van der Waals surface area contributed by atoms with Gasteiger partial charge in [-0.2, -0.15) is 0 Å². The number of carbonyl (C=O) groups is 1. The van der Waals surface area contributed by atoms with E-state index in [-0.39, 0.29) is 22.8 Å². The minimum Gasteiger partial charge on any atom is -0.508 e. The van der Waals surface area contributed by atoms with Crippen molar-refractivity contribution < 1.29 is 30.0 Å². The fraction of sp³-hybridized carbons (Fsp3) is 0.150. The molecule has 4 N–H and O–H groups in total. The van der Waals surface area contributed by atoms with Crippen LogP contribution >= 0.6 is 0 Å². The van der Waals surface area contributed by atoms with Gasteiger partial charge in [-0.1, -0.05) is 6.07 Å². The second kappa shape index (κ2) is 4.17. The summed E-state index contributed by atoms with van der Waals surface area (Å²) in [6.07, 6.45) is -2.61. The highest BCUT2D eigenvalue weighted by Crippen LogP contribution is 2.61. The van der Waals surface area contributed by atoms with Crippen molar-refractivity contribution in [2.24, 2.45) is 0 Å². The van der Waals surface area contributed by atoms with Gasteiger partial charge in [-0.15, -0.1) is 0 Å². The van der Waals surface area contributed by atoms with Crippen molar-refractivity contribution in [2.75, 3.05) is 0 Å². The summed E-state index contributed by atoms with van der Waals surface area (Å²) >= 11 is 0. The van der Waals surface area contributed by atoms with Gasteiger partial charge in [0.1, 0.15) is 29.5 Å². The molecule has 2 aliphatic carbocycles. The summed E-state index contributed by atoms with van der Waals surface area (Å²) in [6.45, 7) is 0. The fourth-order valence-electron chi connectivity index (χ4n) is 4.53. The highest BCUT2D eigenvalue weighted by atomic mass is 16.6. The van der Waals surface area contributed by atoms with Crippen LogP contribution < -0.4 is 0 Å². The van der Waals surface area contributed by atoms with Crippen LogP contribution in [0.2, 0.25) is 0 Å². The third-order valence-corrected chi connectivity index (χ3v) is 5.66. The molecule has 6 rings (SSSR count). The van der Waals surface area contributed by atoms with Crippen LogP contribution in [-0.4, -0.2) is 32.3 Å². The van der Waals surface area contributed by atoms with Gasteiger partial charge in [0, 0.05) is 16.5 Å². The van der Waals surface area contributed by atoms with Crippen molar-refractivity contribution in [1.29, 1.82) is 0 Å². The number of phenols is 3. The number of epoxide rings is 1. The minimum absolute atomic E-state index is 0.0373. The molecule has 3 aromatic carbocycles. The highest BCUT2D eigenvalue weighted by molar-refractivity contribution is 6.19. The molecule has 3 aromatic rings. The Bertz CT molecular complexity index is 1190. The number of hydrogen-bond donors (Lipinski definition) is 4. The van der Waals surface area contributed by atoms with Crippen molar-refractivity contribution in [3.8, 4) is 39.5 Å². The van der Waals surface area contributed by atoms with Crippen molar-refractivity contribution in [2.45, 2.75) is 18.3 Å². The molecule has 3 aliphatic rings. The van der Waals surface area contributed by atoms with E-state index in [1.165, 1.54) is 18.2 Å². The molecule has 6 nitrogen and oxygen atoms in total. The summed E-state index contributed by atoms with van der Waals surface area (Å²) in [5, 5.41) is 42.3. The number of hydrogen-bond acceptors (Lipinski definition) is 6. The molecule has 3 atom stereocenters. The zero-order valence-electron chi connectivity index (χ0n) is 13.2. The molecule has 1 aliphatic heterocycles. The number of rotatable bonds is 0. The van der Waals surface area contributed by atoms with Crippen LogP contribution in [-0.2, 0) is 9.53 Å². The lowest BCUT2D eigenvalue weighted by Gasteiger charge is -2.22. The zero-order valence-corrected chi connectivity index (χ0v) is 13.2. The van der Waals surface area contributed by atoms with Crippen molar-refractivity contribution in [3.05, 3.63) is 41.5 Å². The van der Waals surface area contributed by atoms with E-state index in [2.05, 4.69) is 0 Å². The molecule has 0 saturated carbocycles. The standard InChI is InChI=1S/C20H12O6/c21-9-3-1-6-8-5-11(23)15-16(19-20(26-19)18(25)17(15)24)13(8)7-2-4-10(22)14(9)12(6)7/h1-5,17,19-24H. The first-order valence-electron chi connectivity index (χ1n) is 8.24. The van der Waals surface area contributed by atoms with E-state index in [0.29, 0.717) is 16.3 Å². The summed E-state index contributed by atoms with van der Waals surface area (Å²) in [6, 6.07) is 8.00. The number of carbonyl (C=O) groups excluding carboxylic acids is 1. The second-order valence-electron chi connectivity index (χ2n) is 6.94.